The van der Waals surface area contributed by atoms with Crippen molar-refractivity contribution < 1.29 is 17.9 Å². The molecular weight excluding hydrogens is 292 g/mol. The average Bonchev–Trinajstić information content (AvgIpc) is 2.83. The van der Waals surface area contributed by atoms with Crippen molar-refractivity contribution in [1.82, 2.24) is 0 Å². The normalized spacial score (nSPS) is 15.4. The molecule has 1 aromatic carbocycles. The lowest BCUT2D eigenvalue weighted by atomic mass is 10.2. The van der Waals surface area contributed by atoms with Crippen LogP contribution in [0.5, 0.6) is 0 Å². The van der Waals surface area contributed by atoms with Gasteiger partial charge in [0.2, 0.25) is 10.0 Å². The molecule has 2 rings (SSSR count). The van der Waals surface area contributed by atoms with Crippen LogP contribution in [0.2, 0.25) is 0 Å². The molecule has 1 amide bonds. The summed E-state index contributed by atoms with van der Waals surface area (Å²) in [5, 5.41) is 0. The Labute approximate surface area is 125 Å². The summed E-state index contributed by atoms with van der Waals surface area (Å²) in [6.45, 7) is 4.79. The predicted octanol–water partition coefficient (Wildman–Crippen LogP) is 2.43. The molecular formula is C14H20N2O4S. The van der Waals surface area contributed by atoms with Gasteiger partial charge >= 0.3 is 6.09 Å². The van der Waals surface area contributed by atoms with Crippen LogP contribution in [-0.4, -0.2) is 33.4 Å². The minimum absolute atomic E-state index is 0.0840. The number of amides is 1. The van der Waals surface area contributed by atoms with Crippen LogP contribution in [0.1, 0.15) is 20.3 Å². The van der Waals surface area contributed by atoms with Crippen LogP contribution in [0.25, 0.3) is 0 Å². The number of anilines is 2. The zero-order valence-corrected chi connectivity index (χ0v) is 13.0. The maximum Gasteiger partial charge on any atom is 0.414 e. The molecule has 0 saturated carbocycles. The Morgan fingerprint density at radius 2 is 2.14 bits per heavy atom. The zero-order valence-electron chi connectivity index (χ0n) is 12.2. The number of benzene rings is 1. The fourth-order valence-electron chi connectivity index (χ4n) is 1.99. The maximum atomic E-state index is 12.0. The Morgan fingerprint density at radius 1 is 1.38 bits per heavy atom. The topological polar surface area (TPSA) is 75.7 Å². The number of rotatable bonds is 6. The first-order chi connectivity index (χ1) is 9.87. The van der Waals surface area contributed by atoms with Crippen LogP contribution < -0.4 is 9.62 Å². The number of carbonyl (C=O) groups excluding carboxylic acids is 1. The number of hydrogen-bond donors (Lipinski definition) is 1. The van der Waals surface area contributed by atoms with Gasteiger partial charge in [-0.25, -0.2) is 13.2 Å². The summed E-state index contributed by atoms with van der Waals surface area (Å²) < 4.78 is 31.4. The van der Waals surface area contributed by atoms with Gasteiger partial charge in [0.25, 0.3) is 0 Å². The third-order valence-electron chi connectivity index (χ3n) is 3.16. The molecule has 6 nitrogen and oxygen atoms in total. The molecule has 7 heteroatoms. The Bertz CT molecular complexity index is 613. The van der Waals surface area contributed by atoms with E-state index in [0.717, 1.165) is 0 Å². The van der Waals surface area contributed by atoms with E-state index in [-0.39, 0.29) is 5.75 Å². The van der Waals surface area contributed by atoms with Crippen molar-refractivity contribution in [1.29, 1.82) is 0 Å². The minimum atomic E-state index is -3.37. The van der Waals surface area contributed by atoms with Crippen molar-refractivity contribution in [3.05, 3.63) is 24.3 Å². The number of nitrogens with zero attached hydrogens (tertiary/aromatic N) is 1. The second-order valence-electron chi connectivity index (χ2n) is 5.42. The number of cyclic esters (lactones) is 1. The Balaban J connectivity index is 2.09. The molecule has 1 N–H and O–H groups in total. The van der Waals surface area contributed by atoms with Crippen LogP contribution in [-0.2, 0) is 14.8 Å². The summed E-state index contributed by atoms with van der Waals surface area (Å²) >= 11 is 0. The van der Waals surface area contributed by atoms with Gasteiger partial charge in [0.1, 0.15) is 6.61 Å². The maximum absolute atomic E-state index is 12.0. The lowest BCUT2D eigenvalue weighted by Crippen LogP contribution is -2.23. The van der Waals surface area contributed by atoms with E-state index in [4.69, 9.17) is 4.74 Å². The minimum Gasteiger partial charge on any atom is -0.447 e. The van der Waals surface area contributed by atoms with Crippen LogP contribution in [0.3, 0.4) is 0 Å². The van der Waals surface area contributed by atoms with Crippen LogP contribution in [0, 0.1) is 5.92 Å². The SMILES string of the molecule is CC(C)CCS(=O)(=O)Nc1cccc(N2CCOC2=O)c1. The van der Waals surface area contributed by atoms with Crippen molar-refractivity contribution >= 4 is 27.5 Å². The fourth-order valence-corrected chi connectivity index (χ4v) is 3.36. The quantitative estimate of drug-likeness (QED) is 0.875. The van der Waals surface area contributed by atoms with Gasteiger partial charge in [-0.15, -0.1) is 0 Å². The van der Waals surface area contributed by atoms with E-state index in [1.165, 1.54) is 4.90 Å². The van der Waals surface area contributed by atoms with Gasteiger partial charge in [-0.05, 0) is 30.5 Å². The Morgan fingerprint density at radius 3 is 2.76 bits per heavy atom. The summed E-state index contributed by atoms with van der Waals surface area (Å²) in [7, 11) is -3.37. The van der Waals surface area contributed by atoms with Gasteiger partial charge in [0.05, 0.1) is 18.0 Å². The third kappa shape index (κ3) is 4.35. The molecule has 0 atom stereocenters. The lowest BCUT2D eigenvalue weighted by Gasteiger charge is -2.15. The second-order valence-corrected chi connectivity index (χ2v) is 7.26. The summed E-state index contributed by atoms with van der Waals surface area (Å²) in [5.41, 5.74) is 1.08. The van der Waals surface area contributed by atoms with Crippen molar-refractivity contribution in [2.75, 3.05) is 28.5 Å². The van der Waals surface area contributed by atoms with Gasteiger partial charge in [0, 0.05) is 5.69 Å². The van der Waals surface area contributed by atoms with E-state index in [2.05, 4.69) is 4.72 Å². The molecule has 0 aromatic heterocycles. The molecule has 1 heterocycles. The number of nitrogens with one attached hydrogen (secondary N) is 1. The van der Waals surface area contributed by atoms with E-state index in [1.807, 2.05) is 13.8 Å². The van der Waals surface area contributed by atoms with Gasteiger partial charge in [-0.2, -0.15) is 0 Å². The Hall–Kier alpha value is -1.76. The highest BCUT2D eigenvalue weighted by Crippen LogP contribution is 2.23. The summed E-state index contributed by atoms with van der Waals surface area (Å²) in [5.74, 6) is 0.410. The molecule has 1 aliphatic rings. The largest absolute Gasteiger partial charge is 0.447 e. The zero-order chi connectivity index (χ0) is 15.5. The van der Waals surface area contributed by atoms with Crippen molar-refractivity contribution in [2.45, 2.75) is 20.3 Å². The molecule has 0 spiro atoms. The lowest BCUT2D eigenvalue weighted by molar-refractivity contribution is 0.181. The standard InChI is InChI=1S/C14H20N2O4S/c1-11(2)6-9-21(18,19)15-12-4-3-5-13(10-12)16-7-8-20-14(16)17/h3-5,10-11,15H,6-9H2,1-2H3. The van der Waals surface area contributed by atoms with Gasteiger partial charge < -0.3 is 4.74 Å². The van der Waals surface area contributed by atoms with E-state index in [0.29, 0.717) is 36.9 Å². The van der Waals surface area contributed by atoms with E-state index in [9.17, 15) is 13.2 Å². The molecule has 0 aliphatic carbocycles. The molecule has 0 bridgehead atoms. The van der Waals surface area contributed by atoms with E-state index < -0.39 is 16.1 Å². The van der Waals surface area contributed by atoms with Crippen LogP contribution in [0.15, 0.2) is 24.3 Å². The first kappa shape index (κ1) is 15.6. The van der Waals surface area contributed by atoms with Gasteiger partial charge in [-0.1, -0.05) is 19.9 Å². The first-order valence-electron chi connectivity index (χ1n) is 6.92. The highest BCUT2D eigenvalue weighted by atomic mass is 32.2. The highest BCUT2D eigenvalue weighted by molar-refractivity contribution is 7.92. The number of ether oxygens (including phenoxy) is 1. The van der Waals surface area contributed by atoms with E-state index >= 15 is 0 Å². The van der Waals surface area contributed by atoms with Gasteiger partial charge in [0.15, 0.2) is 0 Å². The summed E-state index contributed by atoms with van der Waals surface area (Å²) in [4.78, 5) is 13.0. The molecule has 1 aliphatic heterocycles. The third-order valence-corrected chi connectivity index (χ3v) is 4.48. The van der Waals surface area contributed by atoms with Crippen molar-refractivity contribution in [3.63, 3.8) is 0 Å². The molecule has 0 unspecified atom stereocenters. The van der Waals surface area contributed by atoms with E-state index in [1.54, 1.807) is 24.3 Å². The molecule has 1 saturated heterocycles. The summed E-state index contributed by atoms with van der Waals surface area (Å²) in [6, 6.07) is 6.76. The Kier molecular flexibility index (Phi) is 4.72. The smallest absolute Gasteiger partial charge is 0.414 e. The van der Waals surface area contributed by atoms with Crippen molar-refractivity contribution in [2.24, 2.45) is 5.92 Å². The van der Waals surface area contributed by atoms with Gasteiger partial charge in [-0.3, -0.25) is 9.62 Å². The second kappa shape index (κ2) is 6.34. The van der Waals surface area contributed by atoms with Crippen LogP contribution in [0.4, 0.5) is 16.2 Å². The van der Waals surface area contributed by atoms with Crippen LogP contribution >= 0.6 is 0 Å². The monoisotopic (exact) mass is 312 g/mol. The number of hydrogen-bond acceptors (Lipinski definition) is 4. The molecule has 21 heavy (non-hydrogen) atoms. The number of carbonyl (C=O) groups is 1. The molecule has 1 fully saturated rings. The molecule has 0 radical (unpaired) electrons. The molecule has 116 valence electrons. The highest BCUT2D eigenvalue weighted by Gasteiger charge is 2.23. The average molecular weight is 312 g/mol. The molecule has 1 aromatic rings. The summed E-state index contributed by atoms with van der Waals surface area (Å²) in [6.07, 6.45) is 0.197. The number of sulfonamides is 1. The van der Waals surface area contributed by atoms with Crippen molar-refractivity contribution in [3.8, 4) is 0 Å². The predicted molar refractivity (Wildman–Crippen MR) is 82.0 cm³/mol. The fraction of sp³-hybridized carbons (Fsp3) is 0.500. The first-order valence-corrected chi connectivity index (χ1v) is 8.57.